The molecule has 1 aliphatic carbocycles. The summed E-state index contributed by atoms with van der Waals surface area (Å²) in [5.41, 5.74) is 9.63. The summed E-state index contributed by atoms with van der Waals surface area (Å²) in [4.78, 5) is 0. The average Bonchev–Trinajstić information content (AvgIpc) is 3.00. The summed E-state index contributed by atoms with van der Waals surface area (Å²) in [5.74, 6) is 0.911. The van der Waals surface area contributed by atoms with Crippen molar-refractivity contribution in [3.63, 3.8) is 0 Å². The standard InChI is InChI=1S/C15H15NO/c16-14-8-7-13(10-14)11-3-5-12(6-4-11)15-2-1-9-17-15/h1-6,9-10,14H,7-8,16H2. The highest BCUT2D eigenvalue weighted by Gasteiger charge is 2.13. The maximum Gasteiger partial charge on any atom is 0.133 e. The minimum Gasteiger partial charge on any atom is -0.464 e. The van der Waals surface area contributed by atoms with Crippen LogP contribution in [0.5, 0.6) is 0 Å². The molecule has 1 aliphatic rings. The molecule has 2 heteroatoms. The van der Waals surface area contributed by atoms with Crippen LogP contribution in [-0.2, 0) is 0 Å². The molecule has 0 saturated carbocycles. The lowest BCUT2D eigenvalue weighted by Crippen LogP contribution is -2.11. The Morgan fingerprint density at radius 2 is 1.82 bits per heavy atom. The number of hydrogen-bond donors (Lipinski definition) is 1. The van der Waals surface area contributed by atoms with Crippen LogP contribution in [0.2, 0.25) is 0 Å². The largest absolute Gasteiger partial charge is 0.464 e. The van der Waals surface area contributed by atoms with Gasteiger partial charge >= 0.3 is 0 Å². The monoisotopic (exact) mass is 225 g/mol. The Balaban J connectivity index is 1.88. The predicted octanol–water partition coefficient (Wildman–Crippen LogP) is 3.45. The van der Waals surface area contributed by atoms with Crippen molar-refractivity contribution in [2.45, 2.75) is 18.9 Å². The molecule has 0 radical (unpaired) electrons. The summed E-state index contributed by atoms with van der Waals surface area (Å²) in [6.07, 6.45) is 6.01. The molecule has 0 fully saturated rings. The van der Waals surface area contributed by atoms with Gasteiger partial charge in [0.1, 0.15) is 5.76 Å². The van der Waals surface area contributed by atoms with Gasteiger partial charge in [0.05, 0.1) is 6.26 Å². The van der Waals surface area contributed by atoms with Crippen LogP contribution < -0.4 is 5.73 Å². The van der Waals surface area contributed by atoms with Crippen molar-refractivity contribution < 1.29 is 4.42 Å². The lowest BCUT2D eigenvalue weighted by Gasteiger charge is -2.03. The zero-order valence-corrected chi connectivity index (χ0v) is 9.60. The first-order valence-corrected chi connectivity index (χ1v) is 5.93. The van der Waals surface area contributed by atoms with Crippen molar-refractivity contribution in [2.24, 2.45) is 5.73 Å². The van der Waals surface area contributed by atoms with Crippen LogP contribution in [0.3, 0.4) is 0 Å². The van der Waals surface area contributed by atoms with Crippen molar-refractivity contribution in [1.29, 1.82) is 0 Å². The van der Waals surface area contributed by atoms with E-state index in [1.54, 1.807) is 6.26 Å². The maximum absolute atomic E-state index is 5.88. The first kappa shape index (κ1) is 10.4. The van der Waals surface area contributed by atoms with Crippen molar-refractivity contribution in [1.82, 2.24) is 0 Å². The first-order valence-electron chi connectivity index (χ1n) is 5.93. The fourth-order valence-corrected chi connectivity index (χ4v) is 2.28. The van der Waals surface area contributed by atoms with Crippen LogP contribution >= 0.6 is 0 Å². The van der Waals surface area contributed by atoms with Crippen molar-refractivity contribution >= 4 is 5.57 Å². The fraction of sp³-hybridized carbons (Fsp3) is 0.200. The summed E-state index contributed by atoms with van der Waals surface area (Å²) in [5, 5.41) is 0. The van der Waals surface area contributed by atoms with Gasteiger partial charge in [0.25, 0.3) is 0 Å². The van der Waals surface area contributed by atoms with E-state index in [2.05, 4.69) is 30.3 Å². The highest BCUT2D eigenvalue weighted by Crippen LogP contribution is 2.29. The molecule has 3 rings (SSSR count). The Morgan fingerprint density at radius 1 is 1.06 bits per heavy atom. The number of benzene rings is 1. The van der Waals surface area contributed by atoms with Crippen LogP contribution in [0.1, 0.15) is 18.4 Å². The van der Waals surface area contributed by atoms with Gasteiger partial charge in [-0.2, -0.15) is 0 Å². The lowest BCUT2D eigenvalue weighted by atomic mass is 10.0. The van der Waals surface area contributed by atoms with Crippen LogP contribution in [0.15, 0.2) is 53.2 Å². The molecule has 2 N–H and O–H groups in total. The molecule has 0 aliphatic heterocycles. The topological polar surface area (TPSA) is 39.2 Å². The molecule has 1 aromatic carbocycles. The Labute approximate surface area is 101 Å². The van der Waals surface area contributed by atoms with Gasteiger partial charge in [-0.25, -0.2) is 0 Å². The van der Waals surface area contributed by atoms with Gasteiger partial charge in [0.2, 0.25) is 0 Å². The van der Waals surface area contributed by atoms with Crippen LogP contribution in [0.4, 0.5) is 0 Å². The lowest BCUT2D eigenvalue weighted by molar-refractivity contribution is 0.582. The summed E-state index contributed by atoms with van der Waals surface area (Å²) < 4.78 is 5.37. The van der Waals surface area contributed by atoms with E-state index in [1.165, 1.54) is 11.1 Å². The van der Waals surface area contributed by atoms with Crippen molar-refractivity contribution in [3.05, 3.63) is 54.3 Å². The number of allylic oxidation sites excluding steroid dienone is 1. The van der Waals surface area contributed by atoms with E-state index in [0.717, 1.165) is 24.2 Å². The summed E-state index contributed by atoms with van der Waals surface area (Å²) in [6, 6.07) is 12.6. The van der Waals surface area contributed by atoms with Crippen molar-refractivity contribution in [3.8, 4) is 11.3 Å². The average molecular weight is 225 g/mol. The van der Waals surface area contributed by atoms with Gasteiger partial charge < -0.3 is 10.2 Å². The van der Waals surface area contributed by atoms with E-state index in [9.17, 15) is 0 Å². The molecule has 1 aromatic heterocycles. The zero-order chi connectivity index (χ0) is 11.7. The van der Waals surface area contributed by atoms with Gasteiger partial charge in [0.15, 0.2) is 0 Å². The molecule has 0 spiro atoms. The second-order valence-corrected chi connectivity index (χ2v) is 4.45. The highest BCUT2D eigenvalue weighted by molar-refractivity contribution is 5.70. The zero-order valence-electron chi connectivity index (χ0n) is 9.60. The smallest absolute Gasteiger partial charge is 0.133 e. The van der Waals surface area contributed by atoms with Gasteiger partial charge in [-0.1, -0.05) is 30.3 Å². The minimum atomic E-state index is 0.231. The SMILES string of the molecule is NC1C=C(c2ccc(-c3ccco3)cc2)CC1. The van der Waals surface area contributed by atoms with Gasteiger partial charge in [-0.15, -0.1) is 0 Å². The minimum absolute atomic E-state index is 0.231. The highest BCUT2D eigenvalue weighted by atomic mass is 16.3. The number of nitrogens with two attached hydrogens (primary N) is 1. The molecule has 0 bridgehead atoms. The van der Waals surface area contributed by atoms with E-state index in [0.29, 0.717) is 0 Å². The van der Waals surface area contributed by atoms with Crippen LogP contribution in [0, 0.1) is 0 Å². The van der Waals surface area contributed by atoms with E-state index in [4.69, 9.17) is 10.2 Å². The number of hydrogen-bond acceptors (Lipinski definition) is 2. The Kier molecular flexibility index (Phi) is 2.57. The maximum atomic E-state index is 5.88. The molecular weight excluding hydrogens is 210 g/mol. The van der Waals surface area contributed by atoms with Gasteiger partial charge in [0, 0.05) is 11.6 Å². The van der Waals surface area contributed by atoms with Crippen LogP contribution in [-0.4, -0.2) is 6.04 Å². The van der Waals surface area contributed by atoms with E-state index < -0.39 is 0 Å². The second-order valence-electron chi connectivity index (χ2n) is 4.45. The fourth-order valence-electron chi connectivity index (χ4n) is 2.28. The van der Waals surface area contributed by atoms with Crippen LogP contribution in [0.25, 0.3) is 16.9 Å². The molecular formula is C15H15NO. The summed E-state index contributed by atoms with van der Waals surface area (Å²) >= 11 is 0. The molecule has 0 amide bonds. The van der Waals surface area contributed by atoms with Gasteiger partial charge in [-0.3, -0.25) is 0 Å². The Morgan fingerprint density at radius 3 is 2.41 bits per heavy atom. The van der Waals surface area contributed by atoms with Gasteiger partial charge in [-0.05, 0) is 36.1 Å². The molecule has 1 unspecified atom stereocenters. The molecule has 0 saturated heterocycles. The molecule has 2 aromatic rings. The quantitative estimate of drug-likeness (QED) is 0.850. The summed E-state index contributed by atoms with van der Waals surface area (Å²) in [6.45, 7) is 0. The van der Waals surface area contributed by atoms with E-state index >= 15 is 0 Å². The summed E-state index contributed by atoms with van der Waals surface area (Å²) in [7, 11) is 0. The Hall–Kier alpha value is -1.80. The van der Waals surface area contributed by atoms with E-state index in [-0.39, 0.29) is 6.04 Å². The first-order chi connectivity index (χ1) is 8.33. The molecule has 17 heavy (non-hydrogen) atoms. The third-order valence-corrected chi connectivity index (χ3v) is 3.22. The van der Waals surface area contributed by atoms with E-state index in [1.807, 2.05) is 12.1 Å². The number of furan rings is 1. The van der Waals surface area contributed by atoms with Crippen molar-refractivity contribution in [2.75, 3.05) is 0 Å². The third-order valence-electron chi connectivity index (χ3n) is 3.22. The second kappa shape index (κ2) is 4.22. The molecule has 86 valence electrons. The normalized spacial score (nSPS) is 19.4. The molecule has 1 heterocycles. The predicted molar refractivity (Wildman–Crippen MR) is 69.3 cm³/mol. The molecule has 2 nitrogen and oxygen atoms in total. The third kappa shape index (κ3) is 2.04. The molecule has 1 atom stereocenters. The number of rotatable bonds is 2. The Bertz CT molecular complexity index is 523.